The van der Waals surface area contributed by atoms with E-state index in [2.05, 4.69) is 14.9 Å². The van der Waals surface area contributed by atoms with Crippen molar-refractivity contribution in [2.75, 3.05) is 13.1 Å². The Labute approximate surface area is 200 Å². The number of rotatable bonds is 3. The van der Waals surface area contributed by atoms with Gasteiger partial charge in [0.15, 0.2) is 5.69 Å². The number of aryl methyl sites for hydroxylation is 1. The van der Waals surface area contributed by atoms with E-state index in [0.717, 1.165) is 23.7 Å². The van der Waals surface area contributed by atoms with Gasteiger partial charge in [-0.1, -0.05) is 23.7 Å². The molecule has 5 rings (SSSR count). The molecule has 3 heterocycles. The normalized spacial score (nSPS) is 16.1. The van der Waals surface area contributed by atoms with Gasteiger partial charge in [0, 0.05) is 42.8 Å². The van der Waals surface area contributed by atoms with E-state index in [4.69, 9.17) is 23.9 Å². The fourth-order valence-electron chi connectivity index (χ4n) is 4.34. The summed E-state index contributed by atoms with van der Waals surface area (Å²) in [5, 5.41) is 5.27. The maximum absolute atomic E-state index is 14.5. The average molecular weight is 478 g/mol. The molecule has 2 aromatic heterocycles. The first kappa shape index (κ1) is 22.1. The molecule has 10 heteroatoms. The summed E-state index contributed by atoms with van der Waals surface area (Å²) in [5.41, 5.74) is 8.02. The number of imidazole rings is 1. The predicted molar refractivity (Wildman–Crippen MR) is 128 cm³/mol. The van der Waals surface area contributed by atoms with Gasteiger partial charge in [0.25, 0.3) is 5.91 Å². The van der Waals surface area contributed by atoms with Crippen LogP contribution in [-0.2, 0) is 7.05 Å². The van der Waals surface area contributed by atoms with Crippen LogP contribution < -0.4 is 5.73 Å². The molecule has 0 unspecified atom stereocenters. The lowest BCUT2D eigenvalue weighted by atomic mass is 10.1. The Morgan fingerprint density at radius 3 is 2.85 bits per heavy atom. The van der Waals surface area contributed by atoms with Gasteiger partial charge in [0.05, 0.1) is 18.3 Å². The third-order valence-corrected chi connectivity index (χ3v) is 6.43. The zero-order valence-corrected chi connectivity index (χ0v) is 19.1. The molecular formula is C24H21ClFN7O. The number of carbonyl (C=O) groups is 1. The zero-order valence-electron chi connectivity index (χ0n) is 18.4. The number of hydrogen-bond acceptors (Lipinski definition) is 4. The van der Waals surface area contributed by atoms with Crippen molar-refractivity contribution in [2.24, 2.45) is 12.8 Å². The molecule has 1 fully saturated rings. The highest BCUT2D eigenvalue weighted by Crippen LogP contribution is 2.34. The van der Waals surface area contributed by atoms with Crippen LogP contribution in [0, 0.1) is 12.4 Å². The number of hydrogen-bond donors (Lipinski definition) is 1. The fourth-order valence-corrected chi connectivity index (χ4v) is 4.64. The highest BCUT2D eigenvalue weighted by Gasteiger charge is 2.29. The fraction of sp³-hybridized carbons (Fsp3) is 0.250. The first-order valence-corrected chi connectivity index (χ1v) is 11.2. The average Bonchev–Trinajstić information content (AvgIpc) is 3.38. The molecule has 2 aromatic carbocycles. The van der Waals surface area contributed by atoms with Gasteiger partial charge < -0.3 is 10.6 Å². The second-order valence-corrected chi connectivity index (χ2v) is 8.71. The number of benzene rings is 2. The third kappa shape index (κ3) is 3.71. The van der Waals surface area contributed by atoms with Crippen LogP contribution >= 0.6 is 11.6 Å². The lowest BCUT2D eigenvalue weighted by molar-refractivity contribution is 0.0703. The van der Waals surface area contributed by atoms with Crippen LogP contribution in [0.2, 0.25) is 5.15 Å². The maximum Gasteiger partial charge on any atom is 0.275 e. The van der Waals surface area contributed by atoms with E-state index in [1.807, 2.05) is 25.2 Å². The van der Waals surface area contributed by atoms with Crippen LogP contribution in [0.25, 0.3) is 32.8 Å². The molecule has 1 aliphatic rings. The van der Waals surface area contributed by atoms with Crippen LogP contribution in [0.4, 0.5) is 10.1 Å². The summed E-state index contributed by atoms with van der Waals surface area (Å²) in [4.78, 5) is 22.8. The molecule has 1 aliphatic heterocycles. The summed E-state index contributed by atoms with van der Waals surface area (Å²) in [6.07, 6.45) is 3.39. The van der Waals surface area contributed by atoms with E-state index in [-0.39, 0.29) is 28.5 Å². The van der Waals surface area contributed by atoms with Crippen LogP contribution in [0.3, 0.4) is 0 Å². The van der Waals surface area contributed by atoms with E-state index in [0.29, 0.717) is 30.2 Å². The van der Waals surface area contributed by atoms with Gasteiger partial charge in [-0.15, -0.1) is 0 Å². The molecule has 0 radical (unpaired) electrons. The Kier molecular flexibility index (Phi) is 5.55. The molecule has 2 N–H and O–H groups in total. The predicted octanol–water partition coefficient (Wildman–Crippen LogP) is 4.33. The number of fused-ring (bicyclic) bond motifs is 1. The quantitative estimate of drug-likeness (QED) is 0.445. The lowest BCUT2D eigenvalue weighted by Crippen LogP contribution is -2.45. The lowest BCUT2D eigenvalue weighted by Gasteiger charge is -2.30. The van der Waals surface area contributed by atoms with E-state index >= 15 is 0 Å². The second-order valence-electron chi connectivity index (χ2n) is 8.35. The Balaban J connectivity index is 1.68. The minimum Gasteiger partial charge on any atom is -0.336 e. The van der Waals surface area contributed by atoms with Crippen molar-refractivity contribution in [2.45, 2.75) is 18.9 Å². The molecule has 1 atom stereocenters. The summed E-state index contributed by atoms with van der Waals surface area (Å²) in [5.74, 6) is -0.690. The van der Waals surface area contributed by atoms with Gasteiger partial charge in [-0.05, 0) is 37.1 Å². The van der Waals surface area contributed by atoms with Crippen molar-refractivity contribution in [1.29, 1.82) is 0 Å². The summed E-state index contributed by atoms with van der Waals surface area (Å²) in [7, 11) is 1.85. The van der Waals surface area contributed by atoms with Crippen LogP contribution in [0.15, 0.2) is 42.6 Å². The number of piperidine rings is 1. The van der Waals surface area contributed by atoms with E-state index < -0.39 is 5.82 Å². The van der Waals surface area contributed by atoms with Gasteiger partial charge >= 0.3 is 0 Å². The summed E-state index contributed by atoms with van der Waals surface area (Å²) in [6.45, 7) is 8.11. The molecule has 8 nitrogen and oxygen atoms in total. The minimum absolute atomic E-state index is 0.0757. The molecule has 4 aromatic rings. The van der Waals surface area contributed by atoms with Crippen molar-refractivity contribution < 1.29 is 9.18 Å². The van der Waals surface area contributed by atoms with Crippen molar-refractivity contribution in [1.82, 2.24) is 24.2 Å². The van der Waals surface area contributed by atoms with Gasteiger partial charge in [0.1, 0.15) is 16.8 Å². The molecule has 172 valence electrons. The first-order chi connectivity index (χ1) is 16.4. The Morgan fingerprint density at radius 2 is 2.12 bits per heavy atom. The van der Waals surface area contributed by atoms with Crippen molar-refractivity contribution in [3.63, 3.8) is 0 Å². The van der Waals surface area contributed by atoms with Crippen molar-refractivity contribution in [3.05, 3.63) is 70.7 Å². The third-order valence-electron chi connectivity index (χ3n) is 6.08. The second kappa shape index (κ2) is 8.56. The number of carbonyl (C=O) groups excluding carboxylic acids is 1. The summed E-state index contributed by atoms with van der Waals surface area (Å²) in [6, 6.07) is 9.74. The van der Waals surface area contributed by atoms with Crippen molar-refractivity contribution in [3.8, 4) is 17.1 Å². The van der Waals surface area contributed by atoms with Gasteiger partial charge in [0.2, 0.25) is 5.69 Å². The van der Waals surface area contributed by atoms with E-state index in [1.54, 1.807) is 26.4 Å². The van der Waals surface area contributed by atoms with Crippen LogP contribution in [0.1, 0.15) is 23.3 Å². The summed E-state index contributed by atoms with van der Waals surface area (Å²) < 4.78 is 17.9. The maximum atomic E-state index is 14.5. The number of amides is 1. The number of nitrogens with zero attached hydrogens (tertiary/aromatic N) is 6. The van der Waals surface area contributed by atoms with Gasteiger partial charge in [-0.3, -0.25) is 14.0 Å². The monoisotopic (exact) mass is 477 g/mol. The largest absolute Gasteiger partial charge is 0.336 e. The first-order valence-electron chi connectivity index (χ1n) is 10.8. The molecule has 0 saturated carbocycles. The van der Waals surface area contributed by atoms with Crippen molar-refractivity contribution >= 4 is 34.1 Å². The van der Waals surface area contributed by atoms with Gasteiger partial charge in [-0.2, -0.15) is 5.10 Å². The number of aromatic nitrogens is 4. The highest BCUT2D eigenvalue weighted by molar-refractivity contribution is 6.33. The molecule has 0 aliphatic carbocycles. The van der Waals surface area contributed by atoms with Crippen LogP contribution in [0.5, 0.6) is 0 Å². The Morgan fingerprint density at radius 1 is 1.29 bits per heavy atom. The van der Waals surface area contributed by atoms with Gasteiger partial charge in [-0.25, -0.2) is 14.2 Å². The van der Waals surface area contributed by atoms with E-state index in [9.17, 15) is 9.18 Å². The molecular weight excluding hydrogens is 457 g/mol. The SMILES string of the molecule is [C-]#[N+]c1ccc(-c2nc(C(=O)N3CCC[C@@H](N)C3)c(Cl)n2-c2ccc3c(cnn3C)c2)cc1F. The Bertz CT molecular complexity index is 1470. The number of halogens is 2. The minimum atomic E-state index is -0.671. The highest BCUT2D eigenvalue weighted by atomic mass is 35.5. The topological polar surface area (TPSA) is 86.3 Å². The molecule has 0 bridgehead atoms. The zero-order chi connectivity index (χ0) is 24.0. The number of likely N-dealkylation sites (tertiary alicyclic amines) is 1. The smallest absolute Gasteiger partial charge is 0.275 e. The van der Waals surface area contributed by atoms with Crippen LogP contribution in [-0.4, -0.2) is 49.3 Å². The molecule has 34 heavy (non-hydrogen) atoms. The van der Waals surface area contributed by atoms with E-state index in [1.165, 1.54) is 12.1 Å². The summed E-state index contributed by atoms with van der Waals surface area (Å²) >= 11 is 6.78. The standard InChI is InChI=1S/C24H21ClFN7O/c1-28-19-7-5-14(11-18(19)26)23-30-21(24(34)32-9-3-4-16(27)13-32)22(25)33(23)17-6-8-20-15(10-17)12-29-31(20)2/h5-8,10-12,16H,3-4,9,13,27H2,2H3/t16-/m1/s1. The molecule has 1 amide bonds. The Hall–Kier alpha value is -3.74. The molecule has 1 saturated heterocycles. The number of nitrogens with two attached hydrogens (primary N) is 1. The molecule has 0 spiro atoms.